The Hall–Kier alpha value is -4.18. The zero-order valence-electron chi connectivity index (χ0n) is 22.9. The summed E-state index contributed by atoms with van der Waals surface area (Å²) in [6.45, 7) is 1.97. The largest absolute Gasteiger partial charge is 0.480 e. The lowest BCUT2D eigenvalue weighted by Gasteiger charge is -2.33. The van der Waals surface area contributed by atoms with Crippen molar-refractivity contribution < 1.29 is 34.1 Å². The van der Waals surface area contributed by atoms with Gasteiger partial charge in [0.25, 0.3) is 17.3 Å². The van der Waals surface area contributed by atoms with Gasteiger partial charge in [-0.15, -0.1) is 0 Å². The highest BCUT2D eigenvalue weighted by Gasteiger charge is 2.42. The van der Waals surface area contributed by atoms with E-state index in [1.807, 2.05) is 0 Å². The van der Waals surface area contributed by atoms with Crippen LogP contribution in [0.3, 0.4) is 0 Å². The summed E-state index contributed by atoms with van der Waals surface area (Å²) in [6, 6.07) is -0.150. The molecule has 16 heteroatoms. The summed E-state index contributed by atoms with van der Waals surface area (Å²) in [5.74, 6) is -3.36. The van der Waals surface area contributed by atoms with Crippen LogP contribution < -0.4 is 16.8 Å². The van der Waals surface area contributed by atoms with Crippen LogP contribution in [0, 0.1) is 20.2 Å². The van der Waals surface area contributed by atoms with Crippen molar-refractivity contribution in [3.8, 4) is 0 Å². The molecule has 1 aromatic rings. The Morgan fingerprint density at radius 2 is 1.80 bits per heavy atom. The van der Waals surface area contributed by atoms with Crippen LogP contribution in [-0.4, -0.2) is 86.2 Å². The SMILES string of the molecule is CC(=O)N(C(=O)[C@@H]1CCCN1C(=O)[C@@H](N)CCCCN)[C@@H](CCCCNc1ccc([N+](=O)[O-])cc1[N+](=O)[O-])C(=O)O. The first kappa shape index (κ1) is 33.0. The fourth-order valence-electron chi connectivity index (χ4n) is 4.80. The molecule has 226 valence electrons. The topological polar surface area (TPSA) is 245 Å². The summed E-state index contributed by atoms with van der Waals surface area (Å²) in [5.41, 5.74) is 10.7. The number of nitrogens with one attached hydrogen (secondary N) is 1. The van der Waals surface area contributed by atoms with E-state index >= 15 is 0 Å². The number of aliphatic carboxylic acids is 1. The molecule has 1 saturated heterocycles. The van der Waals surface area contributed by atoms with Gasteiger partial charge in [-0.3, -0.25) is 39.5 Å². The number of carboxylic acid groups (broad SMARTS) is 1. The Kier molecular flexibility index (Phi) is 12.5. The standard InChI is InChI=1S/C25H37N7O9/c1-16(33)30(24(35)20-9-6-14-29(20)23(34)18(27)7-2-4-12-26)21(25(36)37)8-3-5-13-28-19-11-10-17(31(38)39)15-22(19)32(40)41/h10-11,15,18,20-21,28H,2-9,12-14,26-27H2,1H3,(H,36,37)/t18-,20-,21-/m0/s1. The number of nitrogens with zero attached hydrogens (tertiary/aromatic N) is 4. The maximum Gasteiger partial charge on any atom is 0.326 e. The highest BCUT2D eigenvalue weighted by atomic mass is 16.6. The normalized spacial score (nSPS) is 16.1. The number of unbranched alkanes of at least 4 members (excludes halogenated alkanes) is 2. The van der Waals surface area contributed by atoms with Gasteiger partial charge in [0.2, 0.25) is 11.8 Å². The number of hydrogen-bond donors (Lipinski definition) is 4. The quantitative estimate of drug-likeness (QED) is 0.123. The third-order valence-electron chi connectivity index (χ3n) is 6.89. The molecule has 16 nitrogen and oxygen atoms in total. The molecule has 1 aliphatic rings. The molecule has 0 aliphatic carbocycles. The van der Waals surface area contributed by atoms with Crippen molar-refractivity contribution >= 4 is 40.8 Å². The fourth-order valence-corrected chi connectivity index (χ4v) is 4.80. The second kappa shape index (κ2) is 15.6. The Bertz CT molecular complexity index is 1150. The van der Waals surface area contributed by atoms with Crippen LogP contribution in [0.25, 0.3) is 0 Å². The smallest absolute Gasteiger partial charge is 0.326 e. The van der Waals surface area contributed by atoms with Crippen molar-refractivity contribution in [1.82, 2.24) is 9.80 Å². The molecule has 6 N–H and O–H groups in total. The second-order valence-corrected chi connectivity index (χ2v) is 9.80. The molecule has 2 rings (SSSR count). The van der Waals surface area contributed by atoms with Gasteiger partial charge in [-0.05, 0) is 57.6 Å². The van der Waals surface area contributed by atoms with Gasteiger partial charge in [-0.1, -0.05) is 6.42 Å². The molecule has 1 aliphatic heterocycles. The molecule has 1 fully saturated rings. The van der Waals surface area contributed by atoms with Gasteiger partial charge in [-0.25, -0.2) is 4.79 Å². The van der Waals surface area contributed by atoms with Gasteiger partial charge in [0.1, 0.15) is 17.8 Å². The molecule has 1 heterocycles. The minimum absolute atomic E-state index is 0.0585. The van der Waals surface area contributed by atoms with Gasteiger partial charge < -0.3 is 26.8 Å². The zero-order chi connectivity index (χ0) is 30.7. The summed E-state index contributed by atoms with van der Waals surface area (Å²) >= 11 is 0. The van der Waals surface area contributed by atoms with Crippen molar-refractivity contribution in [3.05, 3.63) is 38.4 Å². The number of carbonyl (C=O) groups is 4. The summed E-state index contributed by atoms with van der Waals surface area (Å²) in [5, 5.41) is 34.9. The predicted molar refractivity (Wildman–Crippen MR) is 147 cm³/mol. The molecule has 0 unspecified atom stereocenters. The van der Waals surface area contributed by atoms with Crippen molar-refractivity contribution in [1.29, 1.82) is 0 Å². The van der Waals surface area contributed by atoms with Crippen molar-refractivity contribution in [2.75, 3.05) is 25.0 Å². The maximum absolute atomic E-state index is 13.4. The molecule has 0 bridgehead atoms. The molecule has 0 radical (unpaired) electrons. The number of anilines is 1. The zero-order valence-corrected chi connectivity index (χ0v) is 22.9. The first-order valence-corrected chi connectivity index (χ1v) is 13.4. The van der Waals surface area contributed by atoms with Crippen LogP contribution >= 0.6 is 0 Å². The lowest BCUT2D eigenvalue weighted by molar-refractivity contribution is -0.393. The maximum atomic E-state index is 13.4. The Labute approximate surface area is 236 Å². The average molecular weight is 580 g/mol. The highest BCUT2D eigenvalue weighted by molar-refractivity contribution is 6.02. The highest BCUT2D eigenvalue weighted by Crippen LogP contribution is 2.29. The number of hydrogen-bond acceptors (Lipinski definition) is 11. The van der Waals surface area contributed by atoms with Crippen LogP contribution in [0.1, 0.15) is 58.3 Å². The number of carbonyl (C=O) groups excluding carboxylic acids is 3. The summed E-state index contributed by atoms with van der Waals surface area (Å²) in [6.07, 6.45) is 2.94. The molecule has 41 heavy (non-hydrogen) atoms. The van der Waals surface area contributed by atoms with E-state index in [2.05, 4.69) is 5.32 Å². The lowest BCUT2D eigenvalue weighted by atomic mass is 10.0. The Morgan fingerprint density at radius 1 is 1.12 bits per heavy atom. The monoisotopic (exact) mass is 579 g/mol. The molecular weight excluding hydrogens is 542 g/mol. The molecule has 3 atom stereocenters. The first-order valence-electron chi connectivity index (χ1n) is 13.4. The van der Waals surface area contributed by atoms with Crippen LogP contribution in [0.2, 0.25) is 0 Å². The molecule has 0 aromatic heterocycles. The number of amides is 3. The van der Waals surface area contributed by atoms with Gasteiger partial charge in [0.05, 0.1) is 22.0 Å². The van der Waals surface area contributed by atoms with Gasteiger partial charge in [-0.2, -0.15) is 0 Å². The molecule has 0 spiro atoms. The number of likely N-dealkylation sites (tertiary alicyclic amines) is 1. The molecule has 3 amide bonds. The van der Waals surface area contributed by atoms with E-state index in [0.717, 1.165) is 19.1 Å². The van der Waals surface area contributed by atoms with E-state index in [0.29, 0.717) is 43.5 Å². The van der Waals surface area contributed by atoms with Crippen molar-refractivity contribution in [2.24, 2.45) is 11.5 Å². The minimum atomic E-state index is -1.48. The van der Waals surface area contributed by atoms with Crippen LogP contribution in [0.15, 0.2) is 18.2 Å². The van der Waals surface area contributed by atoms with E-state index in [1.165, 1.54) is 11.0 Å². The average Bonchev–Trinajstić information content (AvgIpc) is 3.41. The summed E-state index contributed by atoms with van der Waals surface area (Å²) in [4.78, 5) is 73.7. The summed E-state index contributed by atoms with van der Waals surface area (Å²) in [7, 11) is 0. The minimum Gasteiger partial charge on any atom is -0.480 e. The number of benzene rings is 1. The predicted octanol–water partition coefficient (Wildman–Crippen LogP) is 1.36. The van der Waals surface area contributed by atoms with E-state index in [9.17, 15) is 44.5 Å². The van der Waals surface area contributed by atoms with Gasteiger partial charge >= 0.3 is 5.97 Å². The van der Waals surface area contributed by atoms with Crippen molar-refractivity contribution in [2.45, 2.75) is 76.4 Å². The number of carboxylic acids is 1. The number of nitro benzene ring substituents is 2. The number of rotatable bonds is 16. The van der Waals surface area contributed by atoms with E-state index in [4.69, 9.17) is 11.5 Å². The molecule has 1 aromatic carbocycles. The third kappa shape index (κ3) is 8.91. The number of non-ortho nitro benzene ring substituents is 1. The van der Waals surface area contributed by atoms with E-state index in [1.54, 1.807) is 0 Å². The second-order valence-electron chi connectivity index (χ2n) is 9.80. The van der Waals surface area contributed by atoms with Gasteiger partial charge in [0, 0.05) is 26.1 Å². The third-order valence-corrected chi connectivity index (χ3v) is 6.89. The Morgan fingerprint density at radius 3 is 2.39 bits per heavy atom. The fraction of sp³-hybridized carbons (Fsp3) is 0.600. The summed E-state index contributed by atoms with van der Waals surface area (Å²) < 4.78 is 0. The number of imide groups is 1. The molecular formula is C25H37N7O9. The lowest BCUT2D eigenvalue weighted by Crippen LogP contribution is -2.56. The molecule has 0 saturated carbocycles. The van der Waals surface area contributed by atoms with Crippen LogP contribution in [0.5, 0.6) is 0 Å². The van der Waals surface area contributed by atoms with Gasteiger partial charge in [0.15, 0.2) is 0 Å². The van der Waals surface area contributed by atoms with Crippen LogP contribution in [0.4, 0.5) is 17.1 Å². The van der Waals surface area contributed by atoms with E-state index in [-0.39, 0.29) is 38.0 Å². The van der Waals surface area contributed by atoms with Crippen molar-refractivity contribution in [3.63, 3.8) is 0 Å². The van der Waals surface area contributed by atoms with Crippen LogP contribution in [-0.2, 0) is 19.2 Å². The first-order chi connectivity index (χ1) is 19.4. The Balaban J connectivity index is 2.05. The number of nitro groups is 2. The number of nitrogens with two attached hydrogens (primary N) is 2. The van der Waals surface area contributed by atoms with E-state index < -0.39 is 63.0 Å².